The number of carbonyl (C=O) groups excluding carboxylic acids is 1. The highest BCUT2D eigenvalue weighted by Gasteiger charge is 2.25. The Labute approximate surface area is 178 Å². The maximum Gasteiger partial charge on any atom is 0.220 e. The topological polar surface area (TPSA) is 50.8 Å². The van der Waals surface area contributed by atoms with Gasteiger partial charge < -0.3 is 14.8 Å². The Morgan fingerprint density at radius 3 is 2.62 bits per heavy atom. The number of aryl methyl sites for hydroxylation is 1. The van der Waals surface area contributed by atoms with E-state index in [1.54, 1.807) is 25.6 Å². The maximum absolute atomic E-state index is 12.5. The first-order valence-electron chi connectivity index (χ1n) is 10.4. The van der Waals surface area contributed by atoms with E-state index in [2.05, 4.69) is 34.7 Å². The molecule has 1 saturated heterocycles. The summed E-state index contributed by atoms with van der Waals surface area (Å²) in [6.07, 6.45) is 3.60. The smallest absolute Gasteiger partial charge is 0.220 e. The second-order valence-electron chi connectivity index (χ2n) is 7.74. The molecule has 1 atom stereocenters. The van der Waals surface area contributed by atoms with Crippen molar-refractivity contribution in [1.82, 2.24) is 10.2 Å². The third-order valence-corrected chi connectivity index (χ3v) is 6.69. The molecule has 0 spiro atoms. The quantitative estimate of drug-likeness (QED) is 0.663. The van der Waals surface area contributed by atoms with Crippen molar-refractivity contribution in [3.8, 4) is 11.5 Å². The van der Waals surface area contributed by atoms with Gasteiger partial charge in [0.2, 0.25) is 5.91 Å². The zero-order valence-corrected chi connectivity index (χ0v) is 18.5. The largest absolute Gasteiger partial charge is 0.493 e. The fourth-order valence-electron chi connectivity index (χ4n) is 3.82. The van der Waals surface area contributed by atoms with Gasteiger partial charge in [0.25, 0.3) is 0 Å². The molecular weight excluding hydrogens is 384 g/mol. The summed E-state index contributed by atoms with van der Waals surface area (Å²) in [6.45, 7) is 5.20. The zero-order chi connectivity index (χ0) is 20.6. The summed E-state index contributed by atoms with van der Waals surface area (Å²) in [5.41, 5.74) is 1.07. The normalized spacial score (nSPS) is 16.4. The Kier molecular flexibility index (Phi) is 7.95. The van der Waals surface area contributed by atoms with Crippen LogP contribution in [0.1, 0.15) is 42.7 Å². The summed E-state index contributed by atoms with van der Waals surface area (Å²) in [6, 6.07) is 10.4. The molecule has 3 rings (SSSR count). The molecule has 6 heteroatoms. The number of rotatable bonds is 9. The predicted molar refractivity (Wildman–Crippen MR) is 118 cm³/mol. The summed E-state index contributed by atoms with van der Waals surface area (Å²) in [5.74, 6) is 2.29. The van der Waals surface area contributed by atoms with Gasteiger partial charge in [-0.3, -0.25) is 9.69 Å². The van der Waals surface area contributed by atoms with Gasteiger partial charge >= 0.3 is 0 Å². The Morgan fingerprint density at radius 1 is 1.21 bits per heavy atom. The monoisotopic (exact) mass is 416 g/mol. The van der Waals surface area contributed by atoms with E-state index >= 15 is 0 Å². The molecule has 1 aromatic heterocycles. The van der Waals surface area contributed by atoms with Gasteiger partial charge in [-0.1, -0.05) is 19.1 Å². The Bertz CT molecular complexity index is 770. The zero-order valence-electron chi connectivity index (χ0n) is 17.6. The van der Waals surface area contributed by atoms with E-state index < -0.39 is 0 Å². The highest BCUT2D eigenvalue weighted by molar-refractivity contribution is 7.10. The molecule has 1 N–H and O–H groups in total. The van der Waals surface area contributed by atoms with Crippen molar-refractivity contribution in [2.45, 2.75) is 38.6 Å². The van der Waals surface area contributed by atoms with Crippen LogP contribution in [0.5, 0.6) is 11.5 Å². The lowest BCUT2D eigenvalue weighted by Crippen LogP contribution is -2.41. The van der Waals surface area contributed by atoms with Gasteiger partial charge in [0.15, 0.2) is 11.5 Å². The number of ether oxygens (including phenoxy) is 2. The van der Waals surface area contributed by atoms with E-state index in [9.17, 15) is 4.79 Å². The number of benzene rings is 1. The summed E-state index contributed by atoms with van der Waals surface area (Å²) < 4.78 is 10.6. The third kappa shape index (κ3) is 5.97. The van der Waals surface area contributed by atoms with Crippen LogP contribution >= 0.6 is 11.3 Å². The Balaban J connectivity index is 1.53. The fourth-order valence-corrected chi connectivity index (χ4v) is 4.68. The predicted octanol–water partition coefficient (Wildman–Crippen LogP) is 4.29. The maximum atomic E-state index is 12.5. The van der Waals surface area contributed by atoms with E-state index in [0.29, 0.717) is 30.9 Å². The lowest BCUT2D eigenvalue weighted by Gasteiger charge is -2.36. The van der Waals surface area contributed by atoms with Gasteiger partial charge in [0.1, 0.15) is 0 Å². The molecule has 1 aliphatic rings. The summed E-state index contributed by atoms with van der Waals surface area (Å²) in [5, 5.41) is 5.29. The van der Waals surface area contributed by atoms with Gasteiger partial charge in [-0.25, -0.2) is 0 Å². The number of hydrogen-bond donors (Lipinski definition) is 1. The number of nitrogens with zero attached hydrogens (tertiary/aromatic N) is 1. The molecule has 0 aliphatic carbocycles. The van der Waals surface area contributed by atoms with Crippen LogP contribution < -0.4 is 14.8 Å². The fraction of sp³-hybridized carbons (Fsp3) is 0.522. The minimum absolute atomic E-state index is 0.0896. The van der Waals surface area contributed by atoms with E-state index in [1.165, 1.54) is 17.7 Å². The Morgan fingerprint density at radius 2 is 1.97 bits per heavy atom. The molecule has 1 aromatic carbocycles. The first-order valence-corrected chi connectivity index (χ1v) is 11.2. The standard InChI is InChI=1S/C23H32N2O3S/c1-17-10-12-25(13-11-17)19(22-5-4-14-29-22)16-24-23(26)9-7-18-6-8-20(27-2)21(15-18)28-3/h4-6,8,14-15,17,19H,7,9-13,16H2,1-3H3,(H,24,26). The molecule has 1 unspecified atom stereocenters. The molecule has 29 heavy (non-hydrogen) atoms. The molecule has 1 amide bonds. The highest BCUT2D eigenvalue weighted by Crippen LogP contribution is 2.30. The molecule has 2 aromatic rings. The summed E-state index contributed by atoms with van der Waals surface area (Å²) >= 11 is 1.78. The first-order chi connectivity index (χ1) is 14.1. The minimum atomic E-state index is 0.0896. The minimum Gasteiger partial charge on any atom is -0.493 e. The van der Waals surface area contributed by atoms with Crippen LogP contribution in [0.25, 0.3) is 0 Å². The summed E-state index contributed by atoms with van der Waals surface area (Å²) in [7, 11) is 3.25. The first kappa shape index (κ1) is 21.7. The molecule has 0 saturated carbocycles. The van der Waals surface area contributed by atoms with Crippen LogP contribution in [-0.2, 0) is 11.2 Å². The number of likely N-dealkylation sites (tertiary alicyclic amines) is 1. The van der Waals surface area contributed by atoms with Gasteiger partial charge in [-0.05, 0) is 67.4 Å². The van der Waals surface area contributed by atoms with Crippen molar-refractivity contribution >= 4 is 17.2 Å². The van der Waals surface area contributed by atoms with Crippen molar-refractivity contribution in [3.05, 3.63) is 46.2 Å². The number of methoxy groups -OCH3 is 2. The van der Waals surface area contributed by atoms with Gasteiger partial charge in [-0.15, -0.1) is 11.3 Å². The second-order valence-corrected chi connectivity index (χ2v) is 8.72. The van der Waals surface area contributed by atoms with E-state index in [1.807, 2.05) is 18.2 Å². The molecule has 2 heterocycles. The van der Waals surface area contributed by atoms with Crippen molar-refractivity contribution in [2.24, 2.45) is 5.92 Å². The number of piperidine rings is 1. The third-order valence-electron chi connectivity index (χ3n) is 5.71. The van der Waals surface area contributed by atoms with Gasteiger partial charge in [0.05, 0.1) is 20.3 Å². The van der Waals surface area contributed by atoms with E-state index in [0.717, 1.165) is 24.6 Å². The lowest BCUT2D eigenvalue weighted by molar-refractivity contribution is -0.121. The van der Waals surface area contributed by atoms with Crippen LogP contribution in [0.15, 0.2) is 35.7 Å². The molecule has 158 valence electrons. The van der Waals surface area contributed by atoms with Crippen LogP contribution in [0, 0.1) is 5.92 Å². The number of nitrogens with one attached hydrogen (secondary N) is 1. The lowest BCUT2D eigenvalue weighted by atomic mass is 9.97. The molecule has 0 bridgehead atoms. The van der Waals surface area contributed by atoms with Crippen molar-refractivity contribution in [3.63, 3.8) is 0 Å². The number of hydrogen-bond acceptors (Lipinski definition) is 5. The number of thiophene rings is 1. The van der Waals surface area contributed by atoms with Crippen LogP contribution in [0.3, 0.4) is 0 Å². The molecule has 1 fully saturated rings. The molecule has 1 aliphatic heterocycles. The van der Waals surface area contributed by atoms with Crippen LogP contribution in [0.4, 0.5) is 0 Å². The van der Waals surface area contributed by atoms with Gasteiger partial charge in [0, 0.05) is 17.8 Å². The van der Waals surface area contributed by atoms with Crippen molar-refractivity contribution in [2.75, 3.05) is 33.9 Å². The summed E-state index contributed by atoms with van der Waals surface area (Å²) in [4.78, 5) is 16.4. The molecular formula is C23H32N2O3S. The number of carbonyl (C=O) groups is 1. The van der Waals surface area contributed by atoms with Crippen molar-refractivity contribution in [1.29, 1.82) is 0 Å². The number of amides is 1. The van der Waals surface area contributed by atoms with Gasteiger partial charge in [-0.2, -0.15) is 0 Å². The Hall–Kier alpha value is -2.05. The van der Waals surface area contributed by atoms with E-state index in [-0.39, 0.29) is 11.9 Å². The molecule has 5 nitrogen and oxygen atoms in total. The van der Waals surface area contributed by atoms with Crippen LogP contribution in [0.2, 0.25) is 0 Å². The average molecular weight is 417 g/mol. The molecule has 0 radical (unpaired) electrons. The highest BCUT2D eigenvalue weighted by atomic mass is 32.1. The average Bonchev–Trinajstić information content (AvgIpc) is 3.28. The second kappa shape index (κ2) is 10.6. The van der Waals surface area contributed by atoms with Crippen LogP contribution in [-0.4, -0.2) is 44.7 Å². The SMILES string of the molecule is COc1ccc(CCC(=O)NCC(c2cccs2)N2CCC(C)CC2)cc1OC. The van der Waals surface area contributed by atoms with Crippen molar-refractivity contribution < 1.29 is 14.3 Å². The van der Waals surface area contributed by atoms with E-state index in [4.69, 9.17) is 9.47 Å².